The van der Waals surface area contributed by atoms with Crippen LogP contribution < -0.4 is 16.0 Å². The van der Waals surface area contributed by atoms with Gasteiger partial charge in [0.1, 0.15) is 24.1 Å². The van der Waals surface area contributed by atoms with Gasteiger partial charge in [-0.1, -0.05) is 30.3 Å². The molecule has 0 spiro atoms. The van der Waals surface area contributed by atoms with Gasteiger partial charge in [0, 0.05) is 18.2 Å². The van der Waals surface area contributed by atoms with E-state index in [4.69, 9.17) is 4.74 Å². The van der Waals surface area contributed by atoms with Crippen molar-refractivity contribution in [1.82, 2.24) is 20.6 Å². The van der Waals surface area contributed by atoms with E-state index >= 15 is 0 Å². The average molecular weight is 570 g/mol. The number of anilines is 1. The molecular formula is C31H31N5O6. The van der Waals surface area contributed by atoms with Crippen LogP contribution in [-0.4, -0.2) is 47.4 Å². The standard InChI is InChI=1S/C31H31N5O6/c1-18(15-37)27(16-38)32-14-21-6-4-5-20(11-21)12-29(39)36-28-13-26(33-17-34-28)30(40)35-25-10-9-22-19(2)23(31(41)42-3)7-8-24(22)25/h4-8,11,13,15-17,25,32H,9-10,12,14H2,1-3H3,(H,35,40)(H,33,34,36,39)/b27-18+/t25-/m0/s1. The second kappa shape index (κ2) is 13.4. The number of aldehydes is 2. The third kappa shape index (κ3) is 6.92. The first kappa shape index (κ1) is 29.8. The Morgan fingerprint density at radius 2 is 1.83 bits per heavy atom. The van der Waals surface area contributed by atoms with Gasteiger partial charge in [-0.2, -0.15) is 0 Å². The molecule has 2 aromatic carbocycles. The van der Waals surface area contributed by atoms with Gasteiger partial charge in [0.05, 0.1) is 30.8 Å². The Hall–Kier alpha value is -5.19. The summed E-state index contributed by atoms with van der Waals surface area (Å²) in [7, 11) is 1.34. The number of carbonyl (C=O) groups excluding carboxylic acids is 5. The molecule has 0 saturated heterocycles. The molecule has 1 aliphatic carbocycles. The summed E-state index contributed by atoms with van der Waals surface area (Å²) in [5.41, 5.74) is 5.50. The summed E-state index contributed by atoms with van der Waals surface area (Å²) >= 11 is 0. The van der Waals surface area contributed by atoms with E-state index in [1.165, 1.54) is 19.5 Å². The lowest BCUT2D eigenvalue weighted by molar-refractivity contribution is -0.115. The molecule has 3 aromatic rings. The number of benzene rings is 2. The lowest BCUT2D eigenvalue weighted by Gasteiger charge is -2.15. The van der Waals surface area contributed by atoms with E-state index in [2.05, 4.69) is 25.9 Å². The maximum absolute atomic E-state index is 13.0. The monoisotopic (exact) mass is 569 g/mol. The zero-order chi connectivity index (χ0) is 30.2. The Labute approximate surface area is 242 Å². The van der Waals surface area contributed by atoms with Gasteiger partial charge in [-0.25, -0.2) is 14.8 Å². The highest BCUT2D eigenvalue weighted by Crippen LogP contribution is 2.35. The van der Waals surface area contributed by atoms with Gasteiger partial charge in [0.25, 0.3) is 5.91 Å². The number of esters is 1. The number of hydrogen-bond donors (Lipinski definition) is 3. The van der Waals surface area contributed by atoms with Gasteiger partial charge in [-0.05, 0) is 60.6 Å². The van der Waals surface area contributed by atoms with Crippen LogP contribution in [0.1, 0.15) is 68.1 Å². The molecule has 0 aliphatic heterocycles. The maximum atomic E-state index is 13.0. The summed E-state index contributed by atoms with van der Waals surface area (Å²) in [6, 6.07) is 12.0. The van der Waals surface area contributed by atoms with E-state index in [0.29, 0.717) is 43.1 Å². The first-order valence-corrected chi connectivity index (χ1v) is 13.3. The number of carbonyl (C=O) groups is 5. The summed E-state index contributed by atoms with van der Waals surface area (Å²) < 4.78 is 4.86. The number of fused-ring (bicyclic) bond motifs is 1. The molecule has 0 unspecified atom stereocenters. The van der Waals surface area contributed by atoms with Crippen LogP contribution in [0, 0.1) is 6.92 Å². The molecule has 42 heavy (non-hydrogen) atoms. The quantitative estimate of drug-likeness (QED) is 0.179. The molecule has 0 fully saturated rings. The number of allylic oxidation sites excluding steroid dienone is 2. The largest absolute Gasteiger partial charge is 0.465 e. The fourth-order valence-corrected chi connectivity index (χ4v) is 4.90. The zero-order valence-corrected chi connectivity index (χ0v) is 23.5. The second-order valence-corrected chi connectivity index (χ2v) is 9.88. The SMILES string of the molecule is COC(=O)c1ccc2c(c1C)CC[C@@H]2NC(=O)c1cc(NC(=O)Cc2cccc(CN/C(C=O)=C(\C)C=O)c2)ncn1. The normalized spacial score (nSPS) is 14.2. The molecule has 1 heterocycles. The fraction of sp³-hybridized carbons (Fsp3) is 0.258. The molecule has 216 valence electrons. The summed E-state index contributed by atoms with van der Waals surface area (Å²) in [6.45, 7) is 3.72. The van der Waals surface area contributed by atoms with Crippen molar-refractivity contribution in [2.24, 2.45) is 0 Å². The molecular weight excluding hydrogens is 538 g/mol. The van der Waals surface area contributed by atoms with E-state index in [0.717, 1.165) is 27.8 Å². The number of ether oxygens (including phenoxy) is 1. The van der Waals surface area contributed by atoms with Crippen molar-refractivity contribution >= 4 is 36.2 Å². The summed E-state index contributed by atoms with van der Waals surface area (Å²) in [4.78, 5) is 68.1. The maximum Gasteiger partial charge on any atom is 0.338 e. The number of aromatic nitrogens is 2. The predicted octanol–water partition coefficient (Wildman–Crippen LogP) is 2.93. The minimum absolute atomic E-state index is 0.0505. The van der Waals surface area contributed by atoms with E-state index in [1.54, 1.807) is 25.1 Å². The minimum atomic E-state index is -0.408. The molecule has 4 rings (SSSR count). The number of rotatable bonds is 11. The van der Waals surface area contributed by atoms with E-state index < -0.39 is 11.9 Å². The van der Waals surface area contributed by atoms with Gasteiger partial charge in [0.2, 0.25) is 5.91 Å². The van der Waals surface area contributed by atoms with Crippen molar-refractivity contribution in [3.8, 4) is 0 Å². The van der Waals surface area contributed by atoms with E-state index in [9.17, 15) is 24.0 Å². The molecule has 1 aliphatic rings. The van der Waals surface area contributed by atoms with Crippen molar-refractivity contribution in [2.75, 3.05) is 12.4 Å². The van der Waals surface area contributed by atoms with Gasteiger partial charge in [-0.3, -0.25) is 19.2 Å². The van der Waals surface area contributed by atoms with Gasteiger partial charge in [-0.15, -0.1) is 0 Å². The predicted molar refractivity (Wildman–Crippen MR) is 154 cm³/mol. The first-order chi connectivity index (χ1) is 20.2. The molecule has 2 amide bonds. The third-order valence-corrected chi connectivity index (χ3v) is 7.13. The highest BCUT2D eigenvalue weighted by Gasteiger charge is 2.28. The van der Waals surface area contributed by atoms with Crippen molar-refractivity contribution in [3.63, 3.8) is 0 Å². The lowest BCUT2D eigenvalue weighted by atomic mass is 9.98. The van der Waals surface area contributed by atoms with E-state index in [-0.39, 0.29) is 35.6 Å². The Bertz CT molecular complexity index is 1580. The number of hydrogen-bond acceptors (Lipinski definition) is 9. The Morgan fingerprint density at radius 1 is 1.05 bits per heavy atom. The Balaban J connectivity index is 1.37. The molecule has 1 atom stereocenters. The molecule has 3 N–H and O–H groups in total. The van der Waals surface area contributed by atoms with Crippen molar-refractivity contribution in [1.29, 1.82) is 0 Å². The fourth-order valence-electron chi connectivity index (χ4n) is 4.90. The highest BCUT2D eigenvalue weighted by atomic mass is 16.5. The highest BCUT2D eigenvalue weighted by molar-refractivity contribution is 5.96. The van der Waals surface area contributed by atoms with Crippen molar-refractivity contribution in [3.05, 3.63) is 99.1 Å². The molecule has 0 radical (unpaired) electrons. The number of methoxy groups -OCH3 is 1. The van der Waals surface area contributed by atoms with Crippen LogP contribution in [0.15, 0.2) is 60.1 Å². The molecule has 0 bridgehead atoms. The van der Waals surface area contributed by atoms with Crippen LogP contribution >= 0.6 is 0 Å². The third-order valence-electron chi connectivity index (χ3n) is 7.13. The smallest absolute Gasteiger partial charge is 0.338 e. The number of amides is 2. The summed E-state index contributed by atoms with van der Waals surface area (Å²) in [6.07, 6.45) is 3.86. The van der Waals surface area contributed by atoms with Gasteiger partial charge in [0.15, 0.2) is 6.29 Å². The van der Waals surface area contributed by atoms with E-state index in [1.807, 2.05) is 25.1 Å². The molecule has 0 saturated carbocycles. The van der Waals surface area contributed by atoms with Crippen molar-refractivity contribution in [2.45, 2.75) is 45.7 Å². The Kier molecular flexibility index (Phi) is 9.53. The van der Waals surface area contributed by atoms with Crippen LogP contribution in [0.4, 0.5) is 5.82 Å². The molecule has 11 nitrogen and oxygen atoms in total. The van der Waals surface area contributed by atoms with Crippen LogP contribution in [0.3, 0.4) is 0 Å². The zero-order valence-electron chi connectivity index (χ0n) is 23.5. The second-order valence-electron chi connectivity index (χ2n) is 9.88. The lowest BCUT2D eigenvalue weighted by Crippen LogP contribution is -2.28. The summed E-state index contributed by atoms with van der Waals surface area (Å²) in [5, 5.41) is 8.62. The van der Waals surface area contributed by atoms with Crippen molar-refractivity contribution < 1.29 is 28.7 Å². The molecule has 11 heteroatoms. The van der Waals surface area contributed by atoms with Crippen LogP contribution in [-0.2, 0) is 38.5 Å². The minimum Gasteiger partial charge on any atom is -0.465 e. The topological polar surface area (TPSA) is 156 Å². The van der Waals surface area contributed by atoms with Gasteiger partial charge < -0.3 is 20.7 Å². The number of nitrogens with one attached hydrogen (secondary N) is 3. The van der Waals surface area contributed by atoms with Crippen LogP contribution in [0.5, 0.6) is 0 Å². The van der Waals surface area contributed by atoms with Crippen LogP contribution in [0.25, 0.3) is 0 Å². The van der Waals surface area contributed by atoms with Gasteiger partial charge >= 0.3 is 5.97 Å². The first-order valence-electron chi connectivity index (χ1n) is 13.3. The Morgan fingerprint density at radius 3 is 2.57 bits per heavy atom. The number of nitrogens with zero attached hydrogens (tertiary/aromatic N) is 2. The summed E-state index contributed by atoms with van der Waals surface area (Å²) in [5.74, 6) is -0.949. The van der Waals surface area contributed by atoms with Crippen LogP contribution in [0.2, 0.25) is 0 Å². The average Bonchev–Trinajstić information content (AvgIpc) is 3.40. The molecule has 1 aromatic heterocycles.